The van der Waals surface area contributed by atoms with E-state index < -0.39 is 0 Å². The maximum Gasteiger partial charge on any atom is 0.146 e. The van der Waals surface area contributed by atoms with Crippen molar-refractivity contribution in [3.8, 4) is 0 Å². The predicted molar refractivity (Wildman–Crippen MR) is 87.3 cm³/mol. The van der Waals surface area contributed by atoms with Gasteiger partial charge < -0.3 is 5.32 Å². The van der Waals surface area contributed by atoms with Crippen molar-refractivity contribution in [1.82, 2.24) is 4.98 Å². The fourth-order valence-electron chi connectivity index (χ4n) is 4.25. The van der Waals surface area contributed by atoms with E-state index in [-0.39, 0.29) is 5.82 Å². The zero-order valence-electron chi connectivity index (χ0n) is 13.1. The second kappa shape index (κ2) is 5.08. The van der Waals surface area contributed by atoms with Gasteiger partial charge in [-0.25, -0.2) is 4.39 Å². The van der Waals surface area contributed by atoms with Crippen LogP contribution in [0.15, 0.2) is 24.4 Å². The van der Waals surface area contributed by atoms with Crippen LogP contribution in [0.4, 0.5) is 15.8 Å². The van der Waals surface area contributed by atoms with Gasteiger partial charge in [-0.3, -0.25) is 4.98 Å². The molecule has 0 aliphatic heterocycles. The minimum atomic E-state index is -0.208. The summed E-state index contributed by atoms with van der Waals surface area (Å²) in [7, 11) is 0. The Kier molecular flexibility index (Phi) is 3.17. The minimum absolute atomic E-state index is 0.208. The van der Waals surface area contributed by atoms with Gasteiger partial charge in [0.2, 0.25) is 0 Å². The summed E-state index contributed by atoms with van der Waals surface area (Å²) < 4.78 is 14.1. The van der Waals surface area contributed by atoms with Crippen LogP contribution in [-0.2, 0) is 0 Å². The van der Waals surface area contributed by atoms with Crippen LogP contribution < -0.4 is 5.32 Å². The van der Waals surface area contributed by atoms with Crippen molar-refractivity contribution in [2.45, 2.75) is 51.4 Å². The van der Waals surface area contributed by atoms with Crippen LogP contribution in [-0.4, -0.2) is 4.98 Å². The molecule has 0 saturated heterocycles. The average molecular weight is 296 g/mol. The van der Waals surface area contributed by atoms with Crippen molar-refractivity contribution >= 4 is 11.4 Å². The molecule has 1 aromatic carbocycles. The van der Waals surface area contributed by atoms with Crippen molar-refractivity contribution in [3.05, 3.63) is 52.6 Å². The largest absolute Gasteiger partial charge is 0.352 e. The van der Waals surface area contributed by atoms with Crippen LogP contribution in [0.5, 0.6) is 0 Å². The Morgan fingerprint density at radius 1 is 1.00 bits per heavy atom. The number of nitrogens with one attached hydrogen (secondary N) is 1. The first-order chi connectivity index (χ1) is 10.6. The molecule has 5 rings (SSSR count). The molecule has 114 valence electrons. The van der Waals surface area contributed by atoms with E-state index >= 15 is 0 Å². The summed E-state index contributed by atoms with van der Waals surface area (Å²) in [5.41, 5.74) is 6.59. The first kappa shape index (κ1) is 13.7. The molecule has 2 bridgehead atoms. The number of hydrogen-bond acceptors (Lipinski definition) is 2. The summed E-state index contributed by atoms with van der Waals surface area (Å²) in [6, 6.07) is 5.19. The summed E-state index contributed by atoms with van der Waals surface area (Å²) >= 11 is 0. The minimum Gasteiger partial charge on any atom is -0.352 e. The number of nitrogens with zero attached hydrogens (tertiary/aromatic N) is 1. The summed E-state index contributed by atoms with van der Waals surface area (Å²) in [6.45, 7) is 4.09. The van der Waals surface area contributed by atoms with Crippen LogP contribution in [0, 0.1) is 19.7 Å². The van der Waals surface area contributed by atoms with Crippen molar-refractivity contribution in [2.75, 3.05) is 5.32 Å². The summed E-state index contributed by atoms with van der Waals surface area (Å²) in [5, 5.41) is 3.32. The highest BCUT2D eigenvalue weighted by Crippen LogP contribution is 2.52. The van der Waals surface area contributed by atoms with Gasteiger partial charge in [0.15, 0.2) is 0 Å². The van der Waals surface area contributed by atoms with Crippen LogP contribution in [0.25, 0.3) is 0 Å². The van der Waals surface area contributed by atoms with Crippen LogP contribution >= 0.6 is 0 Å². The number of aromatic nitrogens is 1. The molecule has 2 nitrogen and oxygen atoms in total. The molecule has 3 aliphatic rings. The molecule has 0 spiro atoms. The molecule has 3 aliphatic carbocycles. The number of anilines is 2. The zero-order valence-corrected chi connectivity index (χ0v) is 13.1. The lowest BCUT2D eigenvalue weighted by molar-refractivity contribution is 0.357. The van der Waals surface area contributed by atoms with Gasteiger partial charge in [0.25, 0.3) is 0 Å². The fourth-order valence-corrected chi connectivity index (χ4v) is 4.25. The Balaban J connectivity index is 1.81. The number of halogens is 1. The second-order valence-corrected chi connectivity index (χ2v) is 6.74. The zero-order chi connectivity index (χ0) is 15.3. The van der Waals surface area contributed by atoms with Gasteiger partial charge >= 0.3 is 0 Å². The lowest BCUT2D eigenvalue weighted by atomic mass is 9.66. The average Bonchev–Trinajstić information content (AvgIpc) is 2.54. The molecule has 0 amide bonds. The number of benzene rings is 1. The highest BCUT2D eigenvalue weighted by molar-refractivity contribution is 5.67. The lowest BCUT2D eigenvalue weighted by Crippen LogP contribution is -2.24. The fraction of sp³-hybridized carbons (Fsp3) is 0.421. The Bertz CT molecular complexity index is 730. The van der Waals surface area contributed by atoms with Crippen molar-refractivity contribution in [2.24, 2.45) is 0 Å². The van der Waals surface area contributed by atoms with Crippen LogP contribution in [0.2, 0.25) is 0 Å². The number of hydrogen-bond donors (Lipinski definition) is 1. The maximum atomic E-state index is 14.1. The van der Waals surface area contributed by atoms with E-state index in [9.17, 15) is 4.39 Å². The van der Waals surface area contributed by atoms with E-state index in [0.717, 1.165) is 16.9 Å². The molecule has 22 heavy (non-hydrogen) atoms. The van der Waals surface area contributed by atoms with Gasteiger partial charge in [0, 0.05) is 5.69 Å². The second-order valence-electron chi connectivity index (χ2n) is 6.74. The third-order valence-electron chi connectivity index (χ3n) is 5.29. The smallest absolute Gasteiger partial charge is 0.146 e. The molecule has 1 saturated carbocycles. The van der Waals surface area contributed by atoms with E-state index in [4.69, 9.17) is 0 Å². The van der Waals surface area contributed by atoms with E-state index in [1.165, 1.54) is 42.9 Å². The Morgan fingerprint density at radius 3 is 2.41 bits per heavy atom. The Labute approximate surface area is 130 Å². The first-order valence-electron chi connectivity index (χ1n) is 8.16. The molecular weight excluding hydrogens is 275 g/mol. The molecule has 1 aromatic heterocycles. The van der Waals surface area contributed by atoms with Crippen molar-refractivity contribution in [1.29, 1.82) is 0 Å². The van der Waals surface area contributed by atoms with E-state index in [1.54, 1.807) is 6.07 Å². The van der Waals surface area contributed by atoms with E-state index in [1.807, 2.05) is 19.2 Å². The summed E-state index contributed by atoms with van der Waals surface area (Å²) in [4.78, 5) is 4.57. The molecule has 0 radical (unpaired) electrons. The highest BCUT2D eigenvalue weighted by Gasteiger charge is 2.36. The van der Waals surface area contributed by atoms with Crippen molar-refractivity contribution in [3.63, 3.8) is 0 Å². The van der Waals surface area contributed by atoms with E-state index in [2.05, 4.69) is 17.2 Å². The van der Waals surface area contributed by atoms with Gasteiger partial charge in [-0.15, -0.1) is 0 Å². The SMILES string of the molecule is Cc1ccc(F)c(Nc2cnc(C)c3c2C2CCC3CC2)c1. The molecule has 1 N–H and O–H groups in total. The lowest BCUT2D eigenvalue weighted by Gasteiger charge is -2.40. The quantitative estimate of drug-likeness (QED) is 0.809. The Morgan fingerprint density at radius 2 is 1.68 bits per heavy atom. The van der Waals surface area contributed by atoms with Gasteiger partial charge in [-0.05, 0) is 80.2 Å². The topological polar surface area (TPSA) is 24.9 Å². The molecule has 2 aromatic rings. The standard InChI is InChI=1S/C19H21FN2/c1-11-3-8-15(20)16(9-11)22-17-10-21-12(2)18-13-4-6-14(7-5-13)19(17)18/h3,8-10,13-14,22H,4-7H2,1-2H3. The third kappa shape index (κ3) is 2.11. The van der Waals surface area contributed by atoms with Gasteiger partial charge in [-0.2, -0.15) is 0 Å². The predicted octanol–water partition coefficient (Wildman–Crippen LogP) is 5.34. The molecule has 3 heteroatoms. The highest BCUT2D eigenvalue weighted by atomic mass is 19.1. The molecular formula is C19H21FN2. The molecule has 1 heterocycles. The van der Waals surface area contributed by atoms with Crippen molar-refractivity contribution < 1.29 is 4.39 Å². The first-order valence-corrected chi connectivity index (χ1v) is 8.16. The van der Waals surface area contributed by atoms with E-state index in [0.29, 0.717) is 17.5 Å². The van der Waals surface area contributed by atoms with Gasteiger partial charge in [-0.1, -0.05) is 6.07 Å². The number of aryl methyl sites for hydroxylation is 2. The normalized spacial score (nSPS) is 22.5. The summed E-state index contributed by atoms with van der Waals surface area (Å²) in [5.74, 6) is 1.05. The third-order valence-corrected chi connectivity index (χ3v) is 5.29. The molecule has 0 atom stereocenters. The monoisotopic (exact) mass is 296 g/mol. The van der Waals surface area contributed by atoms with Crippen LogP contribution in [0.3, 0.4) is 0 Å². The number of fused-ring (bicyclic) bond motifs is 2. The Hall–Kier alpha value is -1.90. The maximum absolute atomic E-state index is 14.1. The molecule has 0 unspecified atom stereocenters. The number of pyridine rings is 1. The summed E-state index contributed by atoms with van der Waals surface area (Å²) in [6.07, 6.45) is 6.96. The number of rotatable bonds is 2. The van der Waals surface area contributed by atoms with Crippen LogP contribution in [0.1, 0.15) is 59.9 Å². The van der Waals surface area contributed by atoms with Gasteiger partial charge in [0.1, 0.15) is 5.82 Å². The molecule has 1 fully saturated rings. The van der Waals surface area contributed by atoms with Gasteiger partial charge in [0.05, 0.1) is 17.6 Å².